The molecule has 2 fully saturated rings. The van der Waals surface area contributed by atoms with Gasteiger partial charge in [-0.15, -0.1) is 0 Å². The van der Waals surface area contributed by atoms with E-state index in [1.54, 1.807) is 0 Å². The minimum atomic E-state index is -1.05. The molecule has 6 heteroatoms. The fraction of sp³-hybridized carbons (Fsp3) is 0.833. The number of hydrogen-bond donors (Lipinski definition) is 2. The number of ether oxygens (including phenoxy) is 2. The molecule has 1 unspecified atom stereocenters. The molecule has 0 amide bonds. The van der Waals surface area contributed by atoms with Crippen LogP contribution in [0.15, 0.2) is 12.2 Å². The fourth-order valence-corrected chi connectivity index (χ4v) is 3.60. The Morgan fingerprint density at radius 3 is 2.79 bits per heavy atom. The minimum absolute atomic E-state index is 0.0637. The number of aliphatic carboxylic acids is 1. The van der Waals surface area contributed by atoms with E-state index in [0.29, 0.717) is 32.3 Å². The van der Waals surface area contributed by atoms with Gasteiger partial charge in [0.1, 0.15) is 6.17 Å². The summed E-state index contributed by atoms with van der Waals surface area (Å²) in [4.78, 5) is 10.5. The van der Waals surface area contributed by atoms with E-state index in [4.69, 9.17) is 14.6 Å². The molecule has 2 aliphatic rings. The molecular weight excluding hydrogens is 315 g/mol. The van der Waals surface area contributed by atoms with Crippen molar-refractivity contribution >= 4 is 5.97 Å². The van der Waals surface area contributed by atoms with Gasteiger partial charge in [-0.05, 0) is 44.4 Å². The van der Waals surface area contributed by atoms with Gasteiger partial charge in [-0.1, -0.05) is 12.2 Å². The van der Waals surface area contributed by atoms with E-state index in [-0.39, 0.29) is 31.3 Å². The maximum Gasteiger partial charge on any atom is 0.303 e. The molecule has 0 bridgehead atoms. The summed E-state index contributed by atoms with van der Waals surface area (Å²) in [5, 5.41) is 18.1. The van der Waals surface area contributed by atoms with Gasteiger partial charge in [0.2, 0.25) is 0 Å². The number of unbranched alkanes of at least 4 members (excludes halogenated alkanes) is 1. The summed E-state index contributed by atoms with van der Waals surface area (Å²) in [6.07, 6.45) is 7.71. The van der Waals surface area contributed by atoms with E-state index in [0.717, 1.165) is 19.3 Å². The van der Waals surface area contributed by atoms with Crippen LogP contribution < -0.4 is 0 Å². The van der Waals surface area contributed by atoms with E-state index >= 15 is 0 Å². The van der Waals surface area contributed by atoms with E-state index in [9.17, 15) is 14.3 Å². The van der Waals surface area contributed by atoms with Gasteiger partial charge in [0.05, 0.1) is 6.10 Å². The molecule has 2 rings (SSSR count). The molecule has 0 radical (unpaired) electrons. The van der Waals surface area contributed by atoms with Gasteiger partial charge in [-0.2, -0.15) is 0 Å². The lowest BCUT2D eigenvalue weighted by Gasteiger charge is -2.29. The molecule has 5 atom stereocenters. The van der Waals surface area contributed by atoms with Crippen molar-refractivity contribution in [2.24, 2.45) is 11.8 Å². The minimum Gasteiger partial charge on any atom is -0.481 e. The van der Waals surface area contributed by atoms with E-state index in [2.05, 4.69) is 0 Å². The summed E-state index contributed by atoms with van der Waals surface area (Å²) in [5.41, 5.74) is 0. The van der Waals surface area contributed by atoms with Crippen LogP contribution in [0.25, 0.3) is 0 Å². The van der Waals surface area contributed by atoms with Crippen molar-refractivity contribution in [1.29, 1.82) is 0 Å². The lowest BCUT2D eigenvalue weighted by Crippen LogP contribution is -2.31. The monoisotopic (exact) mass is 344 g/mol. The molecule has 1 aliphatic heterocycles. The summed E-state index contributed by atoms with van der Waals surface area (Å²) in [7, 11) is 0. The van der Waals surface area contributed by atoms with Crippen LogP contribution in [0.2, 0.25) is 0 Å². The SMILES string of the molecule is O=C(O)CCCC=CC[C@@H]1[C@@H](CO)[C@@H](F)C[C@@H]1OC1CCCCO1. The first kappa shape index (κ1) is 19.3. The number of aliphatic hydroxyl groups excluding tert-OH is 1. The Balaban J connectivity index is 1.83. The summed E-state index contributed by atoms with van der Waals surface area (Å²) >= 11 is 0. The molecule has 0 aromatic rings. The van der Waals surface area contributed by atoms with Crippen molar-refractivity contribution in [3.63, 3.8) is 0 Å². The van der Waals surface area contributed by atoms with Crippen LogP contribution in [0.3, 0.4) is 0 Å². The van der Waals surface area contributed by atoms with Crippen LogP contribution in [-0.2, 0) is 14.3 Å². The fourth-order valence-electron chi connectivity index (χ4n) is 3.60. The predicted molar refractivity (Wildman–Crippen MR) is 87.3 cm³/mol. The number of hydrogen-bond acceptors (Lipinski definition) is 4. The Kier molecular flexibility index (Phi) is 8.15. The average Bonchev–Trinajstić information content (AvgIpc) is 2.86. The second kappa shape index (κ2) is 10.1. The predicted octanol–water partition coefficient (Wildman–Crippen LogP) is 3.07. The highest BCUT2D eigenvalue weighted by atomic mass is 19.1. The van der Waals surface area contributed by atoms with Crippen molar-refractivity contribution in [2.75, 3.05) is 13.2 Å². The number of carboxylic acid groups (broad SMARTS) is 1. The smallest absolute Gasteiger partial charge is 0.303 e. The highest BCUT2D eigenvalue weighted by Crippen LogP contribution is 2.39. The highest BCUT2D eigenvalue weighted by Gasteiger charge is 2.44. The molecule has 138 valence electrons. The van der Waals surface area contributed by atoms with Crippen molar-refractivity contribution in [3.8, 4) is 0 Å². The Morgan fingerprint density at radius 2 is 2.12 bits per heavy atom. The van der Waals surface area contributed by atoms with Crippen LogP contribution in [0, 0.1) is 11.8 Å². The second-order valence-electron chi connectivity index (χ2n) is 6.73. The quantitative estimate of drug-likeness (QED) is 0.497. The molecule has 1 saturated carbocycles. The first-order chi connectivity index (χ1) is 11.6. The molecule has 0 spiro atoms. The van der Waals surface area contributed by atoms with E-state index in [1.807, 2.05) is 12.2 Å². The molecule has 0 aromatic carbocycles. The third-order valence-corrected chi connectivity index (χ3v) is 4.96. The normalized spacial score (nSPS) is 34.0. The Bertz CT molecular complexity index is 408. The molecule has 1 saturated heterocycles. The van der Waals surface area contributed by atoms with Crippen molar-refractivity contribution in [3.05, 3.63) is 12.2 Å². The van der Waals surface area contributed by atoms with Crippen LogP contribution >= 0.6 is 0 Å². The van der Waals surface area contributed by atoms with Gasteiger partial charge in [0.15, 0.2) is 6.29 Å². The lowest BCUT2D eigenvalue weighted by atomic mass is 9.91. The number of halogens is 1. The zero-order valence-corrected chi connectivity index (χ0v) is 14.1. The molecule has 2 N–H and O–H groups in total. The third kappa shape index (κ3) is 5.83. The largest absolute Gasteiger partial charge is 0.481 e. The summed E-state index contributed by atoms with van der Waals surface area (Å²) in [6, 6.07) is 0. The van der Waals surface area contributed by atoms with Crippen molar-refractivity contribution in [1.82, 2.24) is 0 Å². The number of allylic oxidation sites excluding steroid dienone is 2. The standard InChI is InChI=1S/C18H29FO5/c19-15-11-16(24-18-9-5-6-10-23-18)13(14(15)12-20)7-3-1-2-4-8-17(21)22/h1,3,13-16,18,20H,2,4-12H2,(H,21,22)/t13-,14-,15+,16+,18?/m1/s1. The van der Waals surface area contributed by atoms with Crippen LogP contribution in [0.4, 0.5) is 4.39 Å². The molecule has 1 aliphatic carbocycles. The average molecular weight is 344 g/mol. The van der Waals surface area contributed by atoms with E-state index < -0.39 is 18.1 Å². The number of rotatable bonds is 9. The number of carboxylic acids is 1. The maximum absolute atomic E-state index is 14.2. The summed E-state index contributed by atoms with van der Waals surface area (Å²) in [5.74, 6) is -1.26. The van der Waals surface area contributed by atoms with Gasteiger partial charge in [-0.3, -0.25) is 4.79 Å². The molecule has 0 aromatic heterocycles. The van der Waals surface area contributed by atoms with Gasteiger partial charge in [0.25, 0.3) is 0 Å². The van der Waals surface area contributed by atoms with E-state index in [1.165, 1.54) is 0 Å². The molecule has 24 heavy (non-hydrogen) atoms. The molecule has 1 heterocycles. The summed E-state index contributed by atoms with van der Waals surface area (Å²) in [6.45, 7) is 0.512. The molecular formula is C18H29FO5. The number of aliphatic hydroxyl groups is 1. The first-order valence-electron chi connectivity index (χ1n) is 9.00. The van der Waals surface area contributed by atoms with Gasteiger partial charge >= 0.3 is 5.97 Å². The first-order valence-corrected chi connectivity index (χ1v) is 9.00. The number of carbonyl (C=O) groups is 1. The molecule has 5 nitrogen and oxygen atoms in total. The zero-order valence-electron chi connectivity index (χ0n) is 14.1. The highest BCUT2D eigenvalue weighted by molar-refractivity contribution is 5.66. The van der Waals surface area contributed by atoms with Crippen LogP contribution in [-0.4, -0.2) is 48.0 Å². The van der Waals surface area contributed by atoms with Crippen LogP contribution in [0.1, 0.15) is 51.4 Å². The Labute approximate surface area is 142 Å². The van der Waals surface area contributed by atoms with Gasteiger partial charge in [0, 0.05) is 32.0 Å². The topological polar surface area (TPSA) is 76.0 Å². The van der Waals surface area contributed by atoms with Gasteiger partial charge < -0.3 is 19.7 Å². The van der Waals surface area contributed by atoms with Crippen molar-refractivity contribution < 1.29 is 28.9 Å². The Hall–Kier alpha value is -0.980. The zero-order chi connectivity index (χ0) is 17.4. The lowest BCUT2D eigenvalue weighted by molar-refractivity contribution is -0.196. The van der Waals surface area contributed by atoms with Crippen molar-refractivity contribution in [2.45, 2.75) is 69.9 Å². The van der Waals surface area contributed by atoms with Gasteiger partial charge in [-0.25, -0.2) is 4.39 Å². The maximum atomic E-state index is 14.2. The second-order valence-corrected chi connectivity index (χ2v) is 6.73. The Morgan fingerprint density at radius 1 is 1.29 bits per heavy atom. The third-order valence-electron chi connectivity index (χ3n) is 4.96. The number of alkyl halides is 1. The van der Waals surface area contributed by atoms with Crippen LogP contribution in [0.5, 0.6) is 0 Å². The summed E-state index contributed by atoms with van der Waals surface area (Å²) < 4.78 is 25.8.